The van der Waals surface area contributed by atoms with Crippen molar-refractivity contribution in [2.24, 2.45) is 0 Å². The molecule has 13 heavy (non-hydrogen) atoms. The summed E-state index contributed by atoms with van der Waals surface area (Å²) < 4.78 is 25.3. The summed E-state index contributed by atoms with van der Waals surface area (Å²) in [5.74, 6) is 0. The molecule has 68 valence electrons. The average Bonchev–Trinajstić information content (AvgIpc) is 2.01. The van der Waals surface area contributed by atoms with Crippen molar-refractivity contribution in [1.29, 1.82) is 5.26 Å². The average molecular weight is 312 g/mol. The number of nitrogens with zero attached hydrogens (tertiary/aromatic N) is 2. The predicted molar refractivity (Wildman–Crippen MR) is 49.3 cm³/mol. The first-order valence-electron chi connectivity index (χ1n) is 3.10. The number of aromatic nitrogens is 1. The second-order valence-electron chi connectivity index (χ2n) is 2.10. The molecule has 0 aliphatic heterocycles. The van der Waals surface area contributed by atoms with Gasteiger partial charge >= 0.3 is 0 Å². The number of pyridine rings is 1. The third-order valence-corrected chi connectivity index (χ3v) is 2.36. The Labute approximate surface area is 89.8 Å². The maximum Gasteiger partial charge on any atom is 0.267 e. The quantitative estimate of drug-likeness (QED) is 0.745. The summed E-state index contributed by atoms with van der Waals surface area (Å²) >= 11 is 5.94. The number of halogens is 4. The zero-order chi connectivity index (χ0) is 10.0. The molecule has 2 nitrogen and oxygen atoms in total. The lowest BCUT2D eigenvalue weighted by Gasteiger charge is -2.04. The Morgan fingerprint density at radius 1 is 1.46 bits per heavy atom. The molecule has 0 unspecified atom stereocenters. The van der Waals surface area contributed by atoms with E-state index in [4.69, 9.17) is 5.26 Å². The summed E-state index contributed by atoms with van der Waals surface area (Å²) in [4.78, 5) is 3.62. The van der Waals surface area contributed by atoms with Gasteiger partial charge < -0.3 is 0 Å². The maximum atomic E-state index is 12.4. The van der Waals surface area contributed by atoms with Gasteiger partial charge in [-0.15, -0.1) is 0 Å². The van der Waals surface area contributed by atoms with E-state index < -0.39 is 6.43 Å². The molecule has 0 aliphatic rings. The molecular weight excluding hydrogens is 310 g/mol. The zero-order valence-corrected chi connectivity index (χ0v) is 9.23. The standard InChI is InChI=1S/C7H2Br2F2N2/c8-3-1-5(9)13-4(2-12)6(3)7(10)11/h1,7H. The molecule has 0 amide bonds. The van der Waals surface area contributed by atoms with Gasteiger partial charge in [0, 0.05) is 4.47 Å². The highest BCUT2D eigenvalue weighted by atomic mass is 79.9. The lowest BCUT2D eigenvalue weighted by atomic mass is 10.2. The molecule has 0 saturated carbocycles. The fourth-order valence-corrected chi connectivity index (χ4v) is 2.08. The third-order valence-electron chi connectivity index (χ3n) is 1.30. The van der Waals surface area contributed by atoms with E-state index in [-0.39, 0.29) is 15.7 Å². The Balaban J connectivity index is 3.41. The highest BCUT2D eigenvalue weighted by molar-refractivity contribution is 9.11. The summed E-state index contributed by atoms with van der Waals surface area (Å²) in [6.07, 6.45) is -2.70. The van der Waals surface area contributed by atoms with Crippen LogP contribution in [0.25, 0.3) is 0 Å². The van der Waals surface area contributed by atoms with Crippen molar-refractivity contribution in [3.63, 3.8) is 0 Å². The smallest absolute Gasteiger partial charge is 0.230 e. The third kappa shape index (κ3) is 2.23. The topological polar surface area (TPSA) is 36.7 Å². The summed E-state index contributed by atoms with van der Waals surface area (Å²) in [5, 5.41) is 8.53. The van der Waals surface area contributed by atoms with E-state index in [1.807, 2.05) is 0 Å². The van der Waals surface area contributed by atoms with E-state index in [0.717, 1.165) is 0 Å². The van der Waals surface area contributed by atoms with Crippen LogP contribution in [0.2, 0.25) is 0 Å². The highest BCUT2D eigenvalue weighted by Crippen LogP contribution is 2.31. The van der Waals surface area contributed by atoms with Crippen molar-refractivity contribution in [1.82, 2.24) is 4.98 Å². The molecule has 0 saturated heterocycles. The van der Waals surface area contributed by atoms with Crippen LogP contribution in [0.3, 0.4) is 0 Å². The van der Waals surface area contributed by atoms with Crippen LogP contribution in [0.5, 0.6) is 0 Å². The lowest BCUT2D eigenvalue weighted by Crippen LogP contribution is -1.96. The van der Waals surface area contributed by atoms with Crippen molar-refractivity contribution in [3.8, 4) is 6.07 Å². The first-order chi connectivity index (χ1) is 6.06. The largest absolute Gasteiger partial charge is 0.267 e. The van der Waals surface area contributed by atoms with E-state index >= 15 is 0 Å². The van der Waals surface area contributed by atoms with Gasteiger partial charge in [-0.25, -0.2) is 13.8 Å². The fraction of sp³-hybridized carbons (Fsp3) is 0.143. The molecule has 0 fully saturated rings. The van der Waals surface area contributed by atoms with Crippen molar-refractivity contribution < 1.29 is 8.78 Å². The van der Waals surface area contributed by atoms with Crippen molar-refractivity contribution in [2.45, 2.75) is 6.43 Å². The van der Waals surface area contributed by atoms with Crippen LogP contribution in [0.4, 0.5) is 8.78 Å². The number of hydrogen-bond donors (Lipinski definition) is 0. The van der Waals surface area contributed by atoms with Crippen LogP contribution in [0.15, 0.2) is 15.1 Å². The Morgan fingerprint density at radius 3 is 2.54 bits per heavy atom. The molecular formula is C7H2Br2F2N2. The molecule has 1 heterocycles. The van der Waals surface area contributed by atoms with Gasteiger partial charge in [0.2, 0.25) is 0 Å². The second-order valence-corrected chi connectivity index (χ2v) is 3.77. The van der Waals surface area contributed by atoms with Gasteiger partial charge in [0.15, 0.2) is 5.69 Å². The van der Waals surface area contributed by atoms with Crippen LogP contribution in [-0.2, 0) is 0 Å². The number of hydrogen-bond acceptors (Lipinski definition) is 2. The lowest BCUT2D eigenvalue weighted by molar-refractivity contribution is 0.149. The number of nitriles is 1. The van der Waals surface area contributed by atoms with Gasteiger partial charge in [-0.2, -0.15) is 5.26 Å². The maximum absolute atomic E-state index is 12.4. The first kappa shape index (κ1) is 10.5. The van der Waals surface area contributed by atoms with Gasteiger partial charge in [0.1, 0.15) is 10.7 Å². The van der Waals surface area contributed by atoms with E-state index in [1.54, 1.807) is 6.07 Å². The minimum Gasteiger partial charge on any atom is -0.230 e. The molecule has 0 atom stereocenters. The van der Waals surface area contributed by atoms with E-state index in [2.05, 4.69) is 36.8 Å². The van der Waals surface area contributed by atoms with Crippen molar-refractivity contribution in [2.75, 3.05) is 0 Å². The monoisotopic (exact) mass is 310 g/mol. The molecule has 0 bridgehead atoms. The molecule has 0 spiro atoms. The van der Waals surface area contributed by atoms with Crippen LogP contribution >= 0.6 is 31.9 Å². The van der Waals surface area contributed by atoms with Gasteiger partial charge in [-0.05, 0) is 22.0 Å². The van der Waals surface area contributed by atoms with Crippen LogP contribution in [0.1, 0.15) is 17.7 Å². The Morgan fingerprint density at radius 2 is 2.08 bits per heavy atom. The summed E-state index contributed by atoms with van der Waals surface area (Å²) in [7, 11) is 0. The number of rotatable bonds is 1. The molecule has 6 heteroatoms. The Bertz CT molecular complexity index is 373. The molecule has 0 radical (unpaired) electrons. The van der Waals surface area contributed by atoms with E-state index in [0.29, 0.717) is 4.60 Å². The number of alkyl halides is 2. The van der Waals surface area contributed by atoms with E-state index in [1.165, 1.54) is 6.07 Å². The van der Waals surface area contributed by atoms with Gasteiger partial charge in [0.05, 0.1) is 5.56 Å². The molecule has 1 rings (SSSR count). The van der Waals surface area contributed by atoms with Crippen LogP contribution < -0.4 is 0 Å². The van der Waals surface area contributed by atoms with Gasteiger partial charge in [0.25, 0.3) is 6.43 Å². The second kappa shape index (κ2) is 4.11. The summed E-state index contributed by atoms with van der Waals surface area (Å²) in [6, 6.07) is 2.98. The van der Waals surface area contributed by atoms with Gasteiger partial charge in [-0.1, -0.05) is 15.9 Å². The molecule has 1 aromatic rings. The minimum absolute atomic E-state index is 0.181. The molecule has 1 aromatic heterocycles. The van der Waals surface area contributed by atoms with Crippen molar-refractivity contribution in [3.05, 3.63) is 26.4 Å². The molecule has 0 aromatic carbocycles. The Kier molecular flexibility index (Phi) is 3.33. The summed E-state index contributed by atoms with van der Waals surface area (Å²) in [5.41, 5.74) is -0.637. The Hall–Kier alpha value is -0.540. The van der Waals surface area contributed by atoms with Gasteiger partial charge in [-0.3, -0.25) is 0 Å². The van der Waals surface area contributed by atoms with Crippen molar-refractivity contribution >= 4 is 31.9 Å². The minimum atomic E-state index is -2.70. The summed E-state index contributed by atoms with van der Waals surface area (Å²) in [6.45, 7) is 0. The fourth-order valence-electron chi connectivity index (χ4n) is 0.788. The predicted octanol–water partition coefficient (Wildman–Crippen LogP) is 3.42. The van der Waals surface area contributed by atoms with E-state index in [9.17, 15) is 8.78 Å². The van der Waals surface area contributed by atoms with Crippen LogP contribution in [0, 0.1) is 11.3 Å². The normalized spacial score (nSPS) is 10.2. The SMILES string of the molecule is N#Cc1nc(Br)cc(Br)c1C(F)F. The zero-order valence-electron chi connectivity index (χ0n) is 6.06. The van der Waals surface area contributed by atoms with Crippen LogP contribution in [-0.4, -0.2) is 4.98 Å². The first-order valence-corrected chi connectivity index (χ1v) is 4.69. The molecule has 0 N–H and O–H groups in total. The highest BCUT2D eigenvalue weighted by Gasteiger charge is 2.18. The molecule has 0 aliphatic carbocycles.